The van der Waals surface area contributed by atoms with Crippen LogP contribution < -0.4 is 5.32 Å². The Balaban J connectivity index is 2.53. The van der Waals surface area contributed by atoms with Gasteiger partial charge in [-0.1, -0.05) is 13.8 Å². The summed E-state index contributed by atoms with van der Waals surface area (Å²) in [4.78, 5) is 10.6. The first kappa shape index (κ1) is 19.4. The molecule has 0 aromatic carbocycles. The number of aliphatic imine (C=N–C) groups is 1. The fraction of sp³-hybridized carbons (Fsp3) is 0.800. The van der Waals surface area contributed by atoms with Crippen molar-refractivity contribution in [3.05, 3.63) is 12.2 Å². The topological polar surface area (TPSA) is 87.8 Å². The highest BCUT2D eigenvalue weighted by Crippen LogP contribution is 1.99. The maximum absolute atomic E-state index is 9.96. The Labute approximate surface area is 138 Å². The van der Waals surface area contributed by atoms with Gasteiger partial charge in [-0.25, -0.2) is 4.98 Å². The first-order chi connectivity index (χ1) is 10.9. The minimum absolute atomic E-state index is 0.295. The van der Waals surface area contributed by atoms with E-state index in [1.807, 2.05) is 25.9 Å². The minimum atomic E-state index is -0.606. The van der Waals surface area contributed by atoms with Crippen LogP contribution in [0, 0.1) is 5.92 Å². The third-order valence-corrected chi connectivity index (χ3v) is 3.09. The molecule has 8 heteroatoms. The first-order valence-corrected chi connectivity index (χ1v) is 8.02. The van der Waals surface area contributed by atoms with Gasteiger partial charge in [-0.2, -0.15) is 5.10 Å². The van der Waals surface area contributed by atoms with Gasteiger partial charge in [-0.15, -0.1) is 0 Å². The Kier molecular flexibility index (Phi) is 8.57. The number of nitrogens with one attached hydrogen (secondary N) is 1. The van der Waals surface area contributed by atoms with Crippen LogP contribution in [0.25, 0.3) is 0 Å². The predicted octanol–water partition coefficient (Wildman–Crippen LogP) is 0.246. The number of aliphatic hydroxyl groups excluding tert-OH is 1. The van der Waals surface area contributed by atoms with E-state index < -0.39 is 6.10 Å². The summed E-state index contributed by atoms with van der Waals surface area (Å²) >= 11 is 0. The Morgan fingerprint density at radius 2 is 2.22 bits per heavy atom. The molecule has 1 atom stereocenters. The summed E-state index contributed by atoms with van der Waals surface area (Å²) in [6.45, 7) is 8.74. The molecule has 1 unspecified atom stereocenters. The molecule has 23 heavy (non-hydrogen) atoms. The highest BCUT2D eigenvalue weighted by atomic mass is 16.5. The summed E-state index contributed by atoms with van der Waals surface area (Å²) in [5.41, 5.74) is 0. The number of rotatable bonds is 9. The zero-order valence-electron chi connectivity index (χ0n) is 14.9. The van der Waals surface area contributed by atoms with Crippen molar-refractivity contribution in [2.45, 2.75) is 33.4 Å². The molecule has 1 rings (SSSR count). The van der Waals surface area contributed by atoms with E-state index >= 15 is 0 Å². The summed E-state index contributed by atoms with van der Waals surface area (Å²) in [6, 6.07) is 0. The van der Waals surface area contributed by atoms with Crippen LogP contribution in [0.5, 0.6) is 0 Å². The van der Waals surface area contributed by atoms with Gasteiger partial charge in [0.25, 0.3) is 0 Å². The average Bonchev–Trinajstić information content (AvgIpc) is 2.88. The Hall–Kier alpha value is -1.67. The van der Waals surface area contributed by atoms with Gasteiger partial charge in [0.1, 0.15) is 12.2 Å². The SMILES string of the molecule is CCNC(=NCC(O)COCC(C)C)N(C)Cc1ncnn1C. The quantitative estimate of drug-likeness (QED) is 0.499. The van der Waals surface area contributed by atoms with Gasteiger partial charge in [-0.3, -0.25) is 9.67 Å². The fourth-order valence-corrected chi connectivity index (χ4v) is 1.90. The van der Waals surface area contributed by atoms with Crippen molar-refractivity contribution >= 4 is 5.96 Å². The molecule has 8 nitrogen and oxygen atoms in total. The van der Waals surface area contributed by atoms with Gasteiger partial charge >= 0.3 is 0 Å². The smallest absolute Gasteiger partial charge is 0.194 e. The molecule has 1 aromatic heterocycles. The number of aromatic nitrogens is 3. The Morgan fingerprint density at radius 1 is 1.48 bits per heavy atom. The lowest BCUT2D eigenvalue weighted by Crippen LogP contribution is -2.39. The van der Waals surface area contributed by atoms with Gasteiger partial charge in [0, 0.05) is 27.2 Å². The molecule has 0 aliphatic heterocycles. The Morgan fingerprint density at radius 3 is 2.78 bits per heavy atom. The summed E-state index contributed by atoms with van der Waals surface area (Å²) in [5, 5.41) is 17.2. The summed E-state index contributed by atoms with van der Waals surface area (Å²) in [7, 11) is 3.79. The van der Waals surface area contributed by atoms with Crippen LogP contribution in [-0.4, -0.2) is 70.2 Å². The second-order valence-corrected chi connectivity index (χ2v) is 5.94. The van der Waals surface area contributed by atoms with E-state index in [-0.39, 0.29) is 0 Å². The molecule has 0 amide bonds. The van der Waals surface area contributed by atoms with Crippen molar-refractivity contribution in [3.8, 4) is 0 Å². The molecule has 1 heterocycles. The third kappa shape index (κ3) is 7.43. The first-order valence-electron chi connectivity index (χ1n) is 8.02. The number of hydrogen-bond acceptors (Lipinski definition) is 5. The number of aryl methyl sites for hydroxylation is 1. The Bertz CT molecular complexity index is 474. The zero-order chi connectivity index (χ0) is 17.2. The van der Waals surface area contributed by atoms with E-state index in [1.54, 1.807) is 4.68 Å². The van der Waals surface area contributed by atoms with E-state index in [0.29, 0.717) is 32.2 Å². The molecule has 0 spiro atoms. The molecule has 0 fully saturated rings. The van der Waals surface area contributed by atoms with Crippen LogP contribution in [0.4, 0.5) is 0 Å². The van der Waals surface area contributed by atoms with E-state index in [2.05, 4.69) is 34.2 Å². The molecular formula is C15H30N6O2. The number of guanidine groups is 1. The van der Waals surface area contributed by atoms with Gasteiger partial charge in [0.2, 0.25) is 0 Å². The lowest BCUT2D eigenvalue weighted by molar-refractivity contribution is 0.0300. The monoisotopic (exact) mass is 326 g/mol. The van der Waals surface area contributed by atoms with Crippen LogP contribution in [-0.2, 0) is 18.3 Å². The molecule has 1 aromatic rings. The molecule has 0 aliphatic rings. The van der Waals surface area contributed by atoms with Crippen LogP contribution in [0.1, 0.15) is 26.6 Å². The van der Waals surface area contributed by atoms with Gasteiger partial charge in [-0.05, 0) is 12.8 Å². The summed E-state index contributed by atoms with van der Waals surface area (Å²) < 4.78 is 7.17. The van der Waals surface area contributed by atoms with Crippen molar-refractivity contribution < 1.29 is 9.84 Å². The fourth-order valence-electron chi connectivity index (χ4n) is 1.90. The molecule has 0 aliphatic carbocycles. The lowest BCUT2D eigenvalue weighted by atomic mass is 10.2. The molecule has 0 saturated heterocycles. The zero-order valence-corrected chi connectivity index (χ0v) is 14.9. The largest absolute Gasteiger partial charge is 0.389 e. The highest BCUT2D eigenvalue weighted by molar-refractivity contribution is 5.79. The van der Waals surface area contributed by atoms with Crippen LogP contribution >= 0.6 is 0 Å². The predicted molar refractivity (Wildman–Crippen MR) is 90.1 cm³/mol. The molecule has 2 N–H and O–H groups in total. The van der Waals surface area contributed by atoms with Gasteiger partial charge in [0.15, 0.2) is 5.96 Å². The standard InChI is InChI=1S/C15H30N6O2/c1-6-16-15(17-7-13(22)10-23-9-12(2)3)20(4)8-14-18-11-19-21(14)5/h11-13,22H,6-10H2,1-5H3,(H,16,17). The molecule has 0 bridgehead atoms. The number of aliphatic hydroxyl groups is 1. The summed E-state index contributed by atoms with van der Waals surface area (Å²) in [5.74, 6) is 2.03. The second kappa shape index (κ2) is 10.2. The van der Waals surface area contributed by atoms with Gasteiger partial charge in [0.05, 0.1) is 25.8 Å². The van der Waals surface area contributed by atoms with Crippen molar-refractivity contribution in [2.75, 3.05) is 33.4 Å². The number of ether oxygens (including phenoxy) is 1. The van der Waals surface area contributed by atoms with Crippen molar-refractivity contribution in [1.82, 2.24) is 25.0 Å². The summed E-state index contributed by atoms with van der Waals surface area (Å²) in [6.07, 6.45) is 0.925. The van der Waals surface area contributed by atoms with Crippen molar-refractivity contribution in [3.63, 3.8) is 0 Å². The van der Waals surface area contributed by atoms with Crippen LogP contribution in [0.3, 0.4) is 0 Å². The third-order valence-electron chi connectivity index (χ3n) is 3.09. The van der Waals surface area contributed by atoms with Gasteiger partial charge < -0.3 is 20.1 Å². The highest BCUT2D eigenvalue weighted by Gasteiger charge is 2.11. The normalized spacial score (nSPS) is 13.4. The average molecular weight is 326 g/mol. The lowest BCUT2D eigenvalue weighted by Gasteiger charge is -2.22. The van der Waals surface area contributed by atoms with Crippen molar-refractivity contribution in [1.29, 1.82) is 0 Å². The van der Waals surface area contributed by atoms with Crippen molar-refractivity contribution in [2.24, 2.45) is 18.0 Å². The van der Waals surface area contributed by atoms with E-state index in [0.717, 1.165) is 18.3 Å². The van der Waals surface area contributed by atoms with E-state index in [4.69, 9.17) is 4.74 Å². The van der Waals surface area contributed by atoms with Crippen LogP contribution in [0.15, 0.2) is 11.3 Å². The number of hydrogen-bond donors (Lipinski definition) is 2. The minimum Gasteiger partial charge on any atom is -0.389 e. The maximum atomic E-state index is 9.96. The number of nitrogens with zero attached hydrogens (tertiary/aromatic N) is 5. The van der Waals surface area contributed by atoms with E-state index in [1.165, 1.54) is 6.33 Å². The molecular weight excluding hydrogens is 296 g/mol. The molecule has 0 radical (unpaired) electrons. The second-order valence-electron chi connectivity index (χ2n) is 5.94. The van der Waals surface area contributed by atoms with E-state index in [9.17, 15) is 5.11 Å². The molecule has 0 saturated carbocycles. The molecule has 132 valence electrons. The maximum Gasteiger partial charge on any atom is 0.194 e. The van der Waals surface area contributed by atoms with Crippen LogP contribution in [0.2, 0.25) is 0 Å².